The van der Waals surface area contributed by atoms with Gasteiger partial charge in [0.2, 0.25) is 0 Å². The molecule has 0 radical (unpaired) electrons. The monoisotopic (exact) mass is 525 g/mol. The van der Waals surface area contributed by atoms with Gasteiger partial charge < -0.3 is 23.3 Å². The van der Waals surface area contributed by atoms with E-state index in [2.05, 4.69) is 86.4 Å². The van der Waals surface area contributed by atoms with Gasteiger partial charge in [-0.2, -0.15) is 0 Å². The molecule has 1 heterocycles. The summed E-state index contributed by atoms with van der Waals surface area (Å²) in [5, 5.41) is 0. The summed E-state index contributed by atoms with van der Waals surface area (Å²) >= 11 is 0. The van der Waals surface area contributed by atoms with Crippen LogP contribution in [0.3, 0.4) is 0 Å². The van der Waals surface area contributed by atoms with Crippen LogP contribution < -0.4 is 0 Å². The van der Waals surface area contributed by atoms with Gasteiger partial charge in [0.05, 0.1) is 0 Å². The summed E-state index contributed by atoms with van der Waals surface area (Å²) in [5.74, 6) is 1.39. The molecule has 2 heteroatoms. The zero-order valence-corrected chi connectivity index (χ0v) is 21.9. The predicted octanol–water partition coefficient (Wildman–Crippen LogP) is 7.06. The van der Waals surface area contributed by atoms with Gasteiger partial charge in [-0.1, -0.05) is 33.6 Å². The molecular formula is C24H39NW. The molecule has 0 aliphatic rings. The molecule has 0 atom stereocenters. The van der Waals surface area contributed by atoms with Crippen LogP contribution in [0.1, 0.15) is 83.0 Å². The van der Waals surface area contributed by atoms with Gasteiger partial charge in [0.25, 0.3) is 0 Å². The molecule has 0 saturated heterocycles. The molecule has 1 aromatic heterocycles. The van der Waals surface area contributed by atoms with Gasteiger partial charge in [0, 0.05) is 11.4 Å². The number of pyridine rings is 1. The van der Waals surface area contributed by atoms with Crippen LogP contribution in [0.5, 0.6) is 0 Å². The van der Waals surface area contributed by atoms with Gasteiger partial charge in [0.1, 0.15) is 0 Å². The van der Waals surface area contributed by atoms with E-state index in [4.69, 9.17) is 0 Å². The molecule has 26 heavy (non-hydrogen) atoms. The van der Waals surface area contributed by atoms with E-state index in [0.29, 0.717) is 11.8 Å². The van der Waals surface area contributed by atoms with Gasteiger partial charge in [0.15, 0.2) is 0 Å². The largest absolute Gasteiger partial charge is 2.00 e. The molecule has 0 spiro atoms. The summed E-state index contributed by atoms with van der Waals surface area (Å²) in [6, 6.07) is 0. The molecule has 0 aliphatic heterocycles. The molecule has 0 fully saturated rings. The summed E-state index contributed by atoms with van der Waals surface area (Å²) in [6.45, 7) is 23.6. The Morgan fingerprint density at radius 1 is 0.846 bits per heavy atom. The van der Waals surface area contributed by atoms with E-state index in [9.17, 15) is 0 Å². The average Bonchev–Trinajstić information content (AvgIpc) is 2.54. The molecule has 0 bridgehead atoms. The van der Waals surface area contributed by atoms with Crippen molar-refractivity contribution in [2.75, 3.05) is 0 Å². The summed E-state index contributed by atoms with van der Waals surface area (Å²) in [4.78, 5) is 4.67. The van der Waals surface area contributed by atoms with Gasteiger partial charge in [-0.3, -0.25) is 4.98 Å². The van der Waals surface area contributed by atoms with E-state index in [1.807, 2.05) is 6.92 Å². The molecule has 0 aliphatic carbocycles. The second-order valence-electron chi connectivity index (χ2n) is 7.89. The molecule has 0 N–H and O–H groups in total. The van der Waals surface area contributed by atoms with Crippen molar-refractivity contribution < 1.29 is 21.1 Å². The SMILES string of the molecule is C[C-]=C(C)C(C)=[C-]CC(C)C.Cc1nc(CC(C)C)c(C)c(C)c1C.[W+2]. The first-order chi connectivity index (χ1) is 11.5. The van der Waals surface area contributed by atoms with Gasteiger partial charge >= 0.3 is 21.1 Å². The van der Waals surface area contributed by atoms with E-state index < -0.39 is 0 Å². The number of nitrogens with zero attached hydrogens (tertiary/aromatic N) is 1. The van der Waals surface area contributed by atoms with Crippen LogP contribution in [0.15, 0.2) is 11.1 Å². The number of allylic oxidation sites excluding steroid dienone is 4. The maximum atomic E-state index is 4.67. The predicted molar refractivity (Wildman–Crippen MR) is 112 cm³/mol. The maximum Gasteiger partial charge on any atom is 2.00 e. The normalized spacial score (nSPS) is 12.0. The minimum atomic E-state index is 0. The number of aromatic nitrogens is 1. The third kappa shape index (κ3) is 9.86. The summed E-state index contributed by atoms with van der Waals surface area (Å²) in [7, 11) is 0. The molecule has 1 aromatic rings. The Balaban J connectivity index is 0. The minimum absolute atomic E-state index is 0. The first-order valence-electron chi connectivity index (χ1n) is 9.53. The second kappa shape index (κ2) is 13.5. The Bertz CT molecular complexity index is 607. The molecule has 0 saturated carbocycles. The molecule has 0 aromatic carbocycles. The maximum absolute atomic E-state index is 4.67. The molecule has 0 unspecified atom stereocenters. The summed E-state index contributed by atoms with van der Waals surface area (Å²) < 4.78 is 0. The van der Waals surface area contributed by atoms with Gasteiger partial charge in [-0.05, 0) is 56.7 Å². The van der Waals surface area contributed by atoms with Crippen molar-refractivity contribution in [2.45, 2.75) is 89.0 Å². The minimum Gasteiger partial charge on any atom is -0.376 e. The molecule has 146 valence electrons. The summed E-state index contributed by atoms with van der Waals surface area (Å²) in [6.07, 6.45) is 8.59. The van der Waals surface area contributed by atoms with Crippen molar-refractivity contribution in [2.24, 2.45) is 11.8 Å². The third-order valence-electron chi connectivity index (χ3n) is 4.72. The van der Waals surface area contributed by atoms with Crippen molar-refractivity contribution >= 4 is 0 Å². The van der Waals surface area contributed by atoms with Crippen molar-refractivity contribution in [1.29, 1.82) is 0 Å². The van der Waals surface area contributed by atoms with E-state index in [0.717, 1.165) is 12.8 Å². The first-order valence-corrected chi connectivity index (χ1v) is 9.53. The van der Waals surface area contributed by atoms with Crippen LogP contribution >= 0.6 is 0 Å². The Kier molecular flexibility index (Phi) is 14.3. The average molecular weight is 525 g/mol. The number of hydrogen-bond acceptors (Lipinski definition) is 1. The zero-order valence-electron chi connectivity index (χ0n) is 18.9. The van der Waals surface area contributed by atoms with Crippen LogP contribution in [0.4, 0.5) is 0 Å². The van der Waals surface area contributed by atoms with Gasteiger partial charge in [-0.25, -0.2) is 0 Å². The second-order valence-corrected chi connectivity index (χ2v) is 7.89. The van der Waals surface area contributed by atoms with Crippen LogP contribution in [-0.4, -0.2) is 4.98 Å². The smallest absolute Gasteiger partial charge is 0.376 e. The molecule has 1 rings (SSSR count). The van der Waals surface area contributed by atoms with E-state index in [-0.39, 0.29) is 21.1 Å². The van der Waals surface area contributed by atoms with Crippen LogP contribution in [0, 0.1) is 51.7 Å². The Morgan fingerprint density at radius 2 is 1.38 bits per heavy atom. The van der Waals surface area contributed by atoms with Crippen molar-refractivity contribution in [3.8, 4) is 0 Å². The molecule has 1 nitrogen and oxygen atoms in total. The number of rotatable bonds is 5. The molecular weight excluding hydrogens is 486 g/mol. The Morgan fingerprint density at radius 3 is 1.81 bits per heavy atom. The van der Waals surface area contributed by atoms with Crippen molar-refractivity contribution in [3.63, 3.8) is 0 Å². The quantitative estimate of drug-likeness (QED) is 0.296. The topological polar surface area (TPSA) is 12.9 Å². The van der Waals surface area contributed by atoms with E-state index >= 15 is 0 Å². The zero-order chi connectivity index (χ0) is 19.7. The fraction of sp³-hybridized carbons (Fsp3) is 0.625. The number of hydrogen-bond donors (Lipinski definition) is 0. The standard InChI is InChI=1S/C13H21N.C11H18.W/c1-8(2)7-13-11(5)9(3)10(4)12(6)14-13;1-6-10(4)11(5)8-7-9(2)3;/h8H,7H2,1-6H3;9H,7H2,1-5H3;/q;-2;+2. The van der Waals surface area contributed by atoms with E-state index in [1.54, 1.807) is 0 Å². The van der Waals surface area contributed by atoms with Gasteiger partial charge in [-0.15, -0.1) is 27.2 Å². The Hall–Kier alpha value is -0.682. The van der Waals surface area contributed by atoms with Crippen LogP contribution in [0.2, 0.25) is 0 Å². The van der Waals surface area contributed by atoms with Crippen LogP contribution in [-0.2, 0) is 27.5 Å². The Labute approximate surface area is 178 Å². The molecule has 0 amide bonds. The van der Waals surface area contributed by atoms with E-state index in [1.165, 1.54) is 39.2 Å². The summed E-state index contributed by atoms with van der Waals surface area (Å²) in [5.41, 5.74) is 9.04. The fourth-order valence-corrected chi connectivity index (χ4v) is 2.40. The van der Waals surface area contributed by atoms with Crippen LogP contribution in [0.25, 0.3) is 0 Å². The fourth-order valence-electron chi connectivity index (χ4n) is 2.40. The first kappa shape index (κ1) is 27.5. The van der Waals surface area contributed by atoms with Crippen molar-refractivity contribution in [3.05, 3.63) is 51.4 Å². The van der Waals surface area contributed by atoms with Crippen molar-refractivity contribution in [1.82, 2.24) is 4.98 Å². The number of aryl methyl sites for hydroxylation is 1. The third-order valence-corrected chi connectivity index (χ3v) is 4.72.